The van der Waals surface area contributed by atoms with Gasteiger partial charge in [0.05, 0.1) is 18.1 Å². The summed E-state index contributed by atoms with van der Waals surface area (Å²) in [4.78, 5) is 5.11. The molecule has 0 radical (unpaired) electrons. The Hall–Kier alpha value is -0.840. The summed E-state index contributed by atoms with van der Waals surface area (Å²) in [6.07, 6.45) is -1.05. The number of hydrogen-bond acceptors (Lipinski definition) is 3. The van der Waals surface area contributed by atoms with Crippen LogP contribution in [0.15, 0.2) is 10.7 Å². The summed E-state index contributed by atoms with van der Waals surface area (Å²) in [5.41, 5.74) is 0.540. The summed E-state index contributed by atoms with van der Waals surface area (Å²) in [5, 5.41) is 0. The highest BCUT2D eigenvalue weighted by molar-refractivity contribution is 6.16. The number of nitrogens with zero attached hydrogens (tertiary/aromatic N) is 2. The fourth-order valence-corrected chi connectivity index (χ4v) is 0.941. The van der Waals surface area contributed by atoms with Gasteiger partial charge in [0, 0.05) is 7.05 Å². The summed E-state index contributed by atoms with van der Waals surface area (Å²) >= 11 is 5.46. The van der Waals surface area contributed by atoms with E-state index in [1.54, 1.807) is 0 Å². The van der Waals surface area contributed by atoms with Gasteiger partial charge in [-0.15, -0.1) is 11.6 Å². The molecule has 0 N–H and O–H groups in total. The van der Waals surface area contributed by atoms with E-state index in [-0.39, 0.29) is 11.9 Å². The highest BCUT2D eigenvalue weighted by atomic mass is 35.5. The van der Waals surface area contributed by atoms with Crippen LogP contribution in [0.25, 0.3) is 0 Å². The van der Waals surface area contributed by atoms with Crippen LogP contribution >= 0.6 is 11.6 Å². The zero-order valence-corrected chi connectivity index (χ0v) is 7.76. The number of aromatic nitrogens is 1. The van der Waals surface area contributed by atoms with Gasteiger partial charge < -0.3 is 9.32 Å². The lowest BCUT2D eigenvalue weighted by atomic mass is 10.6. The smallest absolute Gasteiger partial charge is 0.297 e. The highest BCUT2D eigenvalue weighted by Gasteiger charge is 2.12. The van der Waals surface area contributed by atoms with Gasteiger partial charge in [-0.3, -0.25) is 0 Å². The molecular formula is C7H9ClF2N2O. The number of hydrogen-bond donors (Lipinski definition) is 0. The molecule has 0 fully saturated rings. The second-order valence-corrected chi connectivity index (χ2v) is 2.79. The fraction of sp³-hybridized carbons (Fsp3) is 0.571. The van der Waals surface area contributed by atoms with Crippen LogP contribution in [-0.2, 0) is 5.88 Å². The van der Waals surface area contributed by atoms with E-state index < -0.39 is 13.0 Å². The first-order valence-corrected chi connectivity index (χ1v) is 4.16. The van der Waals surface area contributed by atoms with Crippen molar-refractivity contribution in [1.29, 1.82) is 0 Å². The van der Waals surface area contributed by atoms with Gasteiger partial charge in [-0.1, -0.05) is 0 Å². The Kier molecular flexibility index (Phi) is 3.48. The maximum absolute atomic E-state index is 11.9. The first-order chi connectivity index (χ1) is 6.13. The lowest BCUT2D eigenvalue weighted by molar-refractivity contribution is 0.155. The molecule has 0 bridgehead atoms. The predicted molar refractivity (Wildman–Crippen MR) is 45.3 cm³/mol. The third-order valence-corrected chi connectivity index (χ3v) is 1.69. The molecule has 0 saturated carbocycles. The monoisotopic (exact) mass is 210 g/mol. The molecule has 0 atom stereocenters. The number of rotatable bonds is 4. The van der Waals surface area contributed by atoms with Gasteiger partial charge in [-0.2, -0.15) is 4.98 Å². The number of alkyl halides is 3. The topological polar surface area (TPSA) is 29.3 Å². The third kappa shape index (κ3) is 2.84. The molecule has 1 aromatic heterocycles. The van der Waals surface area contributed by atoms with Crippen LogP contribution in [0.3, 0.4) is 0 Å². The van der Waals surface area contributed by atoms with Crippen molar-refractivity contribution in [3.05, 3.63) is 12.0 Å². The largest absolute Gasteiger partial charge is 0.432 e. The molecule has 0 aliphatic carbocycles. The Balaban J connectivity index is 2.60. The van der Waals surface area contributed by atoms with Gasteiger partial charge >= 0.3 is 0 Å². The molecule has 13 heavy (non-hydrogen) atoms. The quantitative estimate of drug-likeness (QED) is 0.713. The first-order valence-electron chi connectivity index (χ1n) is 3.63. The molecule has 6 heteroatoms. The molecule has 1 rings (SSSR count). The SMILES string of the molecule is CN(CC(F)F)c1nc(CCl)co1. The van der Waals surface area contributed by atoms with Crippen LogP contribution < -0.4 is 4.90 Å². The normalized spacial score (nSPS) is 10.8. The molecule has 0 aliphatic rings. The summed E-state index contributed by atoms with van der Waals surface area (Å²) in [6, 6.07) is 0.163. The van der Waals surface area contributed by atoms with Crippen molar-refractivity contribution in [3.8, 4) is 0 Å². The van der Waals surface area contributed by atoms with Gasteiger partial charge in [-0.25, -0.2) is 8.78 Å². The molecule has 0 amide bonds. The Labute approximate surface area is 79.3 Å². The van der Waals surface area contributed by atoms with Gasteiger partial charge in [0.25, 0.3) is 12.4 Å². The van der Waals surface area contributed by atoms with Crippen LogP contribution in [0.5, 0.6) is 0 Å². The van der Waals surface area contributed by atoms with Crippen LogP contribution in [0.4, 0.5) is 14.8 Å². The minimum atomic E-state index is -2.41. The number of anilines is 1. The van der Waals surface area contributed by atoms with Crippen molar-refractivity contribution >= 4 is 17.6 Å². The van der Waals surface area contributed by atoms with Gasteiger partial charge in [0.2, 0.25) is 0 Å². The molecule has 0 spiro atoms. The van der Waals surface area contributed by atoms with Crippen LogP contribution in [0.1, 0.15) is 5.69 Å². The average molecular weight is 211 g/mol. The number of oxazole rings is 1. The number of halogens is 3. The van der Waals surface area contributed by atoms with Gasteiger partial charge in [0.15, 0.2) is 0 Å². The molecule has 0 unspecified atom stereocenters. The Morgan fingerprint density at radius 3 is 2.85 bits per heavy atom. The summed E-state index contributed by atoms with van der Waals surface area (Å²) < 4.78 is 28.8. The van der Waals surface area contributed by atoms with Crippen molar-refractivity contribution < 1.29 is 13.2 Å². The van der Waals surface area contributed by atoms with E-state index in [4.69, 9.17) is 16.0 Å². The molecular weight excluding hydrogens is 202 g/mol. The fourth-order valence-electron chi connectivity index (χ4n) is 0.818. The van der Waals surface area contributed by atoms with E-state index in [2.05, 4.69) is 4.98 Å². The molecule has 0 saturated heterocycles. The van der Waals surface area contributed by atoms with Crippen LogP contribution in [-0.4, -0.2) is 25.0 Å². The van der Waals surface area contributed by atoms with E-state index >= 15 is 0 Å². The van der Waals surface area contributed by atoms with Crippen LogP contribution in [0.2, 0.25) is 0 Å². The van der Waals surface area contributed by atoms with Gasteiger partial charge in [-0.05, 0) is 0 Å². The predicted octanol–water partition coefficient (Wildman–Crippen LogP) is 2.11. The molecule has 3 nitrogen and oxygen atoms in total. The van der Waals surface area contributed by atoms with Crippen molar-refractivity contribution in [3.63, 3.8) is 0 Å². The Morgan fingerprint density at radius 1 is 1.69 bits per heavy atom. The third-order valence-electron chi connectivity index (χ3n) is 1.41. The van der Waals surface area contributed by atoms with Crippen molar-refractivity contribution in [2.75, 3.05) is 18.5 Å². The summed E-state index contributed by atoms with van der Waals surface area (Å²) in [5.74, 6) is 0.214. The molecule has 1 aromatic rings. The highest BCUT2D eigenvalue weighted by Crippen LogP contribution is 2.14. The van der Waals surface area contributed by atoms with E-state index in [0.717, 1.165) is 0 Å². The van der Waals surface area contributed by atoms with E-state index in [1.165, 1.54) is 18.2 Å². The molecule has 1 heterocycles. The summed E-state index contributed by atoms with van der Waals surface area (Å²) in [6.45, 7) is -0.401. The lowest BCUT2D eigenvalue weighted by Crippen LogP contribution is -2.24. The second kappa shape index (κ2) is 4.41. The lowest BCUT2D eigenvalue weighted by Gasteiger charge is -2.12. The minimum Gasteiger partial charge on any atom is -0.432 e. The standard InChI is InChI=1S/C7H9ClF2N2O/c1-12(3-6(9)10)7-11-5(2-8)4-13-7/h4,6H,2-3H2,1H3. The zero-order valence-electron chi connectivity index (χ0n) is 7.01. The van der Waals surface area contributed by atoms with E-state index in [1.807, 2.05) is 0 Å². The van der Waals surface area contributed by atoms with Crippen LogP contribution in [0, 0.1) is 0 Å². The second-order valence-electron chi connectivity index (χ2n) is 2.53. The van der Waals surface area contributed by atoms with Gasteiger partial charge in [0.1, 0.15) is 6.26 Å². The van der Waals surface area contributed by atoms with Crippen molar-refractivity contribution in [1.82, 2.24) is 4.98 Å². The average Bonchev–Trinajstić information content (AvgIpc) is 2.50. The first kappa shape index (κ1) is 10.2. The molecule has 74 valence electrons. The maximum atomic E-state index is 11.9. The molecule has 0 aliphatic heterocycles. The maximum Gasteiger partial charge on any atom is 0.297 e. The minimum absolute atomic E-state index is 0.163. The van der Waals surface area contributed by atoms with E-state index in [9.17, 15) is 8.78 Å². The van der Waals surface area contributed by atoms with Crippen molar-refractivity contribution in [2.24, 2.45) is 0 Å². The molecule has 0 aromatic carbocycles. The Morgan fingerprint density at radius 2 is 2.38 bits per heavy atom. The Bertz CT molecular complexity index is 267. The summed E-state index contributed by atoms with van der Waals surface area (Å²) in [7, 11) is 1.48. The van der Waals surface area contributed by atoms with E-state index in [0.29, 0.717) is 5.69 Å². The van der Waals surface area contributed by atoms with Crippen molar-refractivity contribution in [2.45, 2.75) is 12.3 Å². The zero-order chi connectivity index (χ0) is 9.84.